The Morgan fingerprint density at radius 3 is 2.23 bits per heavy atom. The number of aromatic nitrogens is 5. The Balaban J connectivity index is 1.60. The van der Waals surface area contributed by atoms with Gasteiger partial charge in [-0.15, -0.1) is 5.10 Å². The summed E-state index contributed by atoms with van der Waals surface area (Å²) in [4.78, 5) is 24.9. The van der Waals surface area contributed by atoms with Gasteiger partial charge in [-0.25, -0.2) is 14.2 Å². The van der Waals surface area contributed by atoms with Crippen molar-refractivity contribution in [3.05, 3.63) is 96.1 Å². The Bertz CT molecular complexity index is 1230. The van der Waals surface area contributed by atoms with Crippen molar-refractivity contribution in [3.63, 3.8) is 0 Å². The molecule has 0 atom stereocenters. The summed E-state index contributed by atoms with van der Waals surface area (Å²) in [6.07, 6.45) is 6.10. The number of ketones is 1. The van der Waals surface area contributed by atoms with Gasteiger partial charge >= 0.3 is 5.97 Å². The molecule has 0 saturated carbocycles. The Morgan fingerprint density at radius 1 is 0.935 bits per heavy atom. The maximum Gasteiger partial charge on any atom is 0.359 e. The smallest absolute Gasteiger partial charge is 0.359 e. The number of rotatable bonds is 7. The third-order valence-corrected chi connectivity index (χ3v) is 4.41. The zero-order valence-corrected chi connectivity index (χ0v) is 16.8. The van der Waals surface area contributed by atoms with E-state index in [1.165, 1.54) is 16.8 Å². The highest BCUT2D eigenvalue weighted by Crippen LogP contribution is 2.16. The van der Waals surface area contributed by atoms with Crippen molar-refractivity contribution in [1.29, 1.82) is 0 Å². The molecule has 0 aliphatic heterocycles. The molecule has 31 heavy (non-hydrogen) atoms. The van der Waals surface area contributed by atoms with Crippen LogP contribution in [0.3, 0.4) is 0 Å². The molecule has 8 heteroatoms. The van der Waals surface area contributed by atoms with Crippen LogP contribution in [-0.2, 0) is 4.74 Å². The number of hydrogen-bond acceptors (Lipinski definition) is 6. The highest BCUT2D eigenvalue weighted by Gasteiger charge is 2.18. The van der Waals surface area contributed by atoms with Crippen LogP contribution in [0.2, 0.25) is 0 Å². The van der Waals surface area contributed by atoms with Crippen molar-refractivity contribution in [2.45, 2.75) is 6.92 Å². The van der Waals surface area contributed by atoms with Gasteiger partial charge in [0.1, 0.15) is 0 Å². The fourth-order valence-electron chi connectivity index (χ4n) is 2.91. The first-order valence-corrected chi connectivity index (χ1v) is 9.68. The van der Waals surface area contributed by atoms with Crippen LogP contribution in [0.5, 0.6) is 0 Å². The van der Waals surface area contributed by atoms with Crippen LogP contribution in [0.15, 0.2) is 79.1 Å². The van der Waals surface area contributed by atoms with Gasteiger partial charge in [0.05, 0.1) is 24.2 Å². The Kier molecular flexibility index (Phi) is 5.79. The SMILES string of the molecule is CCOC(=O)c1nn(-c2ccccc2)cc1/C=C/C(=O)c1cn(-c2ccccc2)nn1. The summed E-state index contributed by atoms with van der Waals surface area (Å²) in [5.74, 6) is -0.899. The van der Waals surface area contributed by atoms with Crippen molar-refractivity contribution in [1.82, 2.24) is 24.8 Å². The van der Waals surface area contributed by atoms with Gasteiger partial charge in [0.25, 0.3) is 0 Å². The van der Waals surface area contributed by atoms with Gasteiger partial charge in [0.2, 0.25) is 5.78 Å². The normalized spacial score (nSPS) is 11.0. The lowest BCUT2D eigenvalue weighted by atomic mass is 10.2. The molecule has 0 aliphatic rings. The van der Waals surface area contributed by atoms with E-state index in [0.29, 0.717) is 5.56 Å². The van der Waals surface area contributed by atoms with E-state index in [9.17, 15) is 9.59 Å². The number of nitrogens with zero attached hydrogens (tertiary/aromatic N) is 5. The lowest BCUT2D eigenvalue weighted by Crippen LogP contribution is -2.08. The molecule has 154 valence electrons. The quantitative estimate of drug-likeness (QED) is 0.261. The minimum absolute atomic E-state index is 0.127. The molecule has 4 aromatic rings. The number of benzene rings is 2. The van der Waals surface area contributed by atoms with Crippen molar-refractivity contribution >= 4 is 17.8 Å². The number of carbonyl (C=O) groups is 2. The second-order valence-corrected chi connectivity index (χ2v) is 6.52. The second kappa shape index (κ2) is 9.00. The van der Waals surface area contributed by atoms with Crippen molar-refractivity contribution < 1.29 is 14.3 Å². The molecule has 0 radical (unpaired) electrons. The first kappa shape index (κ1) is 20.0. The molecule has 2 aromatic heterocycles. The number of hydrogen-bond donors (Lipinski definition) is 0. The standard InChI is InChI=1S/C23H19N5O3/c1-2-31-23(30)22-17(15-27(25-22)18-9-5-3-6-10-18)13-14-21(29)20-16-28(26-24-20)19-11-7-4-8-12-19/h3-16H,2H2,1H3/b14-13+. The zero-order valence-electron chi connectivity index (χ0n) is 16.8. The van der Waals surface area contributed by atoms with E-state index in [1.54, 1.807) is 24.0 Å². The van der Waals surface area contributed by atoms with Crippen LogP contribution in [0, 0.1) is 0 Å². The lowest BCUT2D eigenvalue weighted by Gasteiger charge is -2.00. The molecular weight excluding hydrogens is 394 g/mol. The Morgan fingerprint density at radius 2 is 1.58 bits per heavy atom. The molecule has 0 N–H and O–H groups in total. The summed E-state index contributed by atoms with van der Waals surface area (Å²) in [7, 11) is 0. The third kappa shape index (κ3) is 4.48. The molecule has 2 aromatic carbocycles. The van der Waals surface area contributed by atoms with Crippen LogP contribution in [0.25, 0.3) is 17.5 Å². The molecular formula is C23H19N5O3. The van der Waals surface area contributed by atoms with E-state index in [4.69, 9.17) is 4.74 Å². The maximum atomic E-state index is 12.6. The first-order chi connectivity index (χ1) is 15.2. The summed E-state index contributed by atoms with van der Waals surface area (Å²) in [5.41, 5.74) is 2.36. The van der Waals surface area contributed by atoms with Gasteiger partial charge in [-0.3, -0.25) is 4.79 Å². The zero-order chi connectivity index (χ0) is 21.6. The molecule has 0 fully saturated rings. The first-order valence-electron chi connectivity index (χ1n) is 9.68. The van der Waals surface area contributed by atoms with Gasteiger partial charge in [0.15, 0.2) is 11.4 Å². The number of allylic oxidation sites excluding steroid dienone is 1. The molecule has 2 heterocycles. The second-order valence-electron chi connectivity index (χ2n) is 6.52. The summed E-state index contributed by atoms with van der Waals surface area (Å²) in [5, 5.41) is 12.3. The van der Waals surface area contributed by atoms with Gasteiger partial charge in [0, 0.05) is 11.8 Å². The predicted molar refractivity (Wildman–Crippen MR) is 114 cm³/mol. The summed E-state index contributed by atoms with van der Waals surface area (Å²) in [6.45, 7) is 1.95. The molecule has 0 aliphatic carbocycles. The van der Waals surface area contributed by atoms with E-state index < -0.39 is 5.97 Å². The lowest BCUT2D eigenvalue weighted by molar-refractivity contribution is 0.0518. The fourth-order valence-corrected chi connectivity index (χ4v) is 2.91. The maximum absolute atomic E-state index is 12.6. The average Bonchev–Trinajstić information content (AvgIpc) is 3.47. The largest absolute Gasteiger partial charge is 0.461 e. The minimum atomic E-state index is -0.556. The minimum Gasteiger partial charge on any atom is -0.461 e. The molecule has 0 bridgehead atoms. The molecule has 0 unspecified atom stereocenters. The molecule has 4 rings (SSSR count). The van der Waals surface area contributed by atoms with E-state index in [1.807, 2.05) is 60.7 Å². The van der Waals surface area contributed by atoms with Crippen LogP contribution in [-0.4, -0.2) is 43.1 Å². The third-order valence-electron chi connectivity index (χ3n) is 4.41. The summed E-state index contributed by atoms with van der Waals surface area (Å²) in [6, 6.07) is 18.7. The molecule has 0 spiro atoms. The predicted octanol–water partition coefficient (Wildman–Crippen LogP) is 3.53. The van der Waals surface area contributed by atoms with Crippen LogP contribution >= 0.6 is 0 Å². The van der Waals surface area contributed by atoms with Crippen molar-refractivity contribution in [2.24, 2.45) is 0 Å². The Labute approximate surface area is 178 Å². The molecule has 8 nitrogen and oxygen atoms in total. The van der Waals surface area contributed by atoms with Gasteiger partial charge in [-0.05, 0) is 43.3 Å². The highest BCUT2D eigenvalue weighted by atomic mass is 16.5. The number of ether oxygens (including phenoxy) is 1. The topological polar surface area (TPSA) is 91.9 Å². The number of para-hydroxylation sites is 2. The summed E-state index contributed by atoms with van der Waals surface area (Å²) >= 11 is 0. The highest BCUT2D eigenvalue weighted by molar-refractivity contribution is 6.06. The van der Waals surface area contributed by atoms with E-state index >= 15 is 0 Å². The van der Waals surface area contributed by atoms with E-state index in [2.05, 4.69) is 15.4 Å². The average molecular weight is 413 g/mol. The van der Waals surface area contributed by atoms with Crippen LogP contribution < -0.4 is 0 Å². The summed E-state index contributed by atoms with van der Waals surface area (Å²) < 4.78 is 8.20. The number of esters is 1. The van der Waals surface area contributed by atoms with Crippen molar-refractivity contribution in [3.8, 4) is 11.4 Å². The van der Waals surface area contributed by atoms with Gasteiger partial charge in [-0.1, -0.05) is 41.6 Å². The van der Waals surface area contributed by atoms with Gasteiger partial charge < -0.3 is 4.74 Å². The number of carbonyl (C=O) groups excluding carboxylic acids is 2. The van der Waals surface area contributed by atoms with Crippen LogP contribution in [0.1, 0.15) is 33.5 Å². The molecule has 0 saturated heterocycles. The Hall–Kier alpha value is -4.33. The monoisotopic (exact) mass is 413 g/mol. The van der Waals surface area contributed by atoms with Crippen molar-refractivity contribution in [2.75, 3.05) is 6.61 Å². The van der Waals surface area contributed by atoms with E-state index in [0.717, 1.165) is 11.4 Å². The fraction of sp³-hybridized carbons (Fsp3) is 0.0870. The van der Waals surface area contributed by atoms with E-state index in [-0.39, 0.29) is 23.8 Å². The van der Waals surface area contributed by atoms with Crippen LogP contribution in [0.4, 0.5) is 0 Å². The van der Waals surface area contributed by atoms with Gasteiger partial charge in [-0.2, -0.15) is 5.10 Å². The molecule has 0 amide bonds.